The summed E-state index contributed by atoms with van der Waals surface area (Å²) in [6.07, 6.45) is 0.821. The molecule has 1 aliphatic rings. The molecule has 0 spiro atoms. The zero-order valence-corrected chi connectivity index (χ0v) is 14.7. The molecule has 1 unspecified atom stereocenters. The number of carbonyl (C=O) groups is 2. The van der Waals surface area contributed by atoms with Gasteiger partial charge in [0, 0.05) is 6.42 Å². The van der Waals surface area contributed by atoms with Gasteiger partial charge in [0.15, 0.2) is 6.04 Å². The van der Waals surface area contributed by atoms with E-state index in [-0.39, 0.29) is 12.3 Å². The van der Waals surface area contributed by atoms with Crippen LogP contribution in [0.25, 0.3) is 0 Å². The first-order valence-corrected chi connectivity index (χ1v) is 8.39. The number of carbonyl (C=O) groups excluding carboxylic acids is 1. The van der Waals surface area contributed by atoms with Crippen molar-refractivity contribution in [3.05, 3.63) is 58.7 Å². The van der Waals surface area contributed by atoms with Crippen molar-refractivity contribution in [1.82, 2.24) is 5.32 Å². The number of ether oxygens (including phenoxy) is 2. The number of hydrogen-bond acceptors (Lipinski definition) is 4. The molecule has 136 valence electrons. The molecule has 0 bridgehead atoms. The number of aryl methyl sites for hydroxylation is 1. The van der Waals surface area contributed by atoms with Crippen molar-refractivity contribution < 1.29 is 24.2 Å². The van der Waals surface area contributed by atoms with Crippen molar-refractivity contribution in [3.63, 3.8) is 0 Å². The lowest BCUT2D eigenvalue weighted by atomic mass is 10.0. The summed E-state index contributed by atoms with van der Waals surface area (Å²) in [6, 6.07) is 9.62. The molecule has 0 saturated carbocycles. The highest BCUT2D eigenvalue weighted by atomic mass is 16.5. The maximum atomic E-state index is 12.4. The molecule has 1 atom stereocenters. The van der Waals surface area contributed by atoms with Crippen LogP contribution in [-0.2, 0) is 22.4 Å². The molecule has 0 aromatic heterocycles. The Kier molecular flexibility index (Phi) is 5.11. The standard InChI is InChI=1S/C20H21NO5/c1-12-3-4-13(9-17(12)25-2)10-18(22)21-19(20(23)24)15-5-6-16-14(11-15)7-8-26-16/h3-6,9,11,19H,7-8,10H2,1-2H3,(H,21,22)(H,23,24). The van der Waals surface area contributed by atoms with Gasteiger partial charge >= 0.3 is 5.97 Å². The first-order valence-electron chi connectivity index (χ1n) is 8.39. The summed E-state index contributed by atoms with van der Waals surface area (Å²) in [5.41, 5.74) is 3.24. The highest BCUT2D eigenvalue weighted by molar-refractivity contribution is 5.86. The average molecular weight is 355 g/mol. The van der Waals surface area contributed by atoms with Gasteiger partial charge in [-0.25, -0.2) is 4.79 Å². The normalized spacial score (nSPS) is 13.5. The van der Waals surface area contributed by atoms with Crippen LogP contribution < -0.4 is 14.8 Å². The lowest BCUT2D eigenvalue weighted by molar-refractivity contribution is -0.141. The van der Waals surface area contributed by atoms with Crippen LogP contribution in [0.3, 0.4) is 0 Å². The van der Waals surface area contributed by atoms with Crippen molar-refractivity contribution in [2.45, 2.75) is 25.8 Å². The molecule has 1 aliphatic heterocycles. The number of benzene rings is 2. The molecule has 0 radical (unpaired) electrons. The van der Waals surface area contributed by atoms with Crippen molar-refractivity contribution in [3.8, 4) is 11.5 Å². The van der Waals surface area contributed by atoms with E-state index in [1.807, 2.05) is 19.1 Å². The zero-order chi connectivity index (χ0) is 18.7. The molecule has 2 aromatic rings. The highest BCUT2D eigenvalue weighted by Crippen LogP contribution is 2.28. The molecule has 2 aromatic carbocycles. The van der Waals surface area contributed by atoms with Gasteiger partial charge in [-0.3, -0.25) is 4.79 Å². The van der Waals surface area contributed by atoms with E-state index in [0.29, 0.717) is 17.9 Å². The van der Waals surface area contributed by atoms with Crippen LogP contribution in [0.5, 0.6) is 11.5 Å². The first-order chi connectivity index (χ1) is 12.5. The third kappa shape index (κ3) is 3.79. The van der Waals surface area contributed by atoms with Crippen LogP contribution >= 0.6 is 0 Å². The fourth-order valence-corrected chi connectivity index (χ4v) is 3.05. The number of nitrogens with one attached hydrogen (secondary N) is 1. The Balaban J connectivity index is 1.74. The Bertz CT molecular complexity index is 846. The number of fused-ring (bicyclic) bond motifs is 1. The van der Waals surface area contributed by atoms with Gasteiger partial charge in [0.2, 0.25) is 5.91 Å². The van der Waals surface area contributed by atoms with Crippen LogP contribution in [0, 0.1) is 6.92 Å². The summed E-state index contributed by atoms with van der Waals surface area (Å²) in [4.78, 5) is 24.0. The number of carboxylic acids is 1. The third-order valence-electron chi connectivity index (χ3n) is 4.44. The van der Waals surface area contributed by atoms with E-state index in [1.165, 1.54) is 0 Å². The largest absolute Gasteiger partial charge is 0.496 e. The smallest absolute Gasteiger partial charge is 0.330 e. The van der Waals surface area contributed by atoms with Crippen molar-refractivity contribution >= 4 is 11.9 Å². The first kappa shape index (κ1) is 17.8. The lowest BCUT2D eigenvalue weighted by Crippen LogP contribution is -2.34. The molecule has 3 rings (SSSR count). The predicted octanol–water partition coefficient (Wildman–Crippen LogP) is 2.42. The second-order valence-electron chi connectivity index (χ2n) is 6.29. The third-order valence-corrected chi connectivity index (χ3v) is 4.44. The highest BCUT2D eigenvalue weighted by Gasteiger charge is 2.24. The van der Waals surface area contributed by atoms with Crippen LogP contribution in [0.1, 0.15) is 28.3 Å². The molecule has 0 fully saturated rings. The molecule has 2 N–H and O–H groups in total. The summed E-state index contributed by atoms with van der Waals surface area (Å²) in [5, 5.41) is 12.1. The zero-order valence-electron chi connectivity index (χ0n) is 14.7. The second kappa shape index (κ2) is 7.47. The Morgan fingerprint density at radius 1 is 1.27 bits per heavy atom. The van der Waals surface area contributed by atoms with Gasteiger partial charge in [0.25, 0.3) is 0 Å². The summed E-state index contributed by atoms with van der Waals surface area (Å²) < 4.78 is 10.7. The van der Waals surface area contributed by atoms with E-state index >= 15 is 0 Å². The van der Waals surface area contributed by atoms with Crippen LogP contribution in [0.4, 0.5) is 0 Å². The molecule has 6 nitrogen and oxygen atoms in total. The van der Waals surface area contributed by atoms with Gasteiger partial charge in [0.1, 0.15) is 11.5 Å². The van der Waals surface area contributed by atoms with Gasteiger partial charge in [-0.05, 0) is 47.4 Å². The Hall–Kier alpha value is -3.02. The average Bonchev–Trinajstić information content (AvgIpc) is 3.08. The van der Waals surface area contributed by atoms with Crippen LogP contribution in [0.2, 0.25) is 0 Å². The van der Waals surface area contributed by atoms with Crippen molar-refractivity contribution in [1.29, 1.82) is 0 Å². The minimum Gasteiger partial charge on any atom is -0.496 e. The minimum absolute atomic E-state index is 0.0778. The Morgan fingerprint density at radius 3 is 2.81 bits per heavy atom. The molecule has 26 heavy (non-hydrogen) atoms. The van der Waals surface area contributed by atoms with E-state index < -0.39 is 12.0 Å². The number of aliphatic carboxylic acids is 1. The van der Waals surface area contributed by atoms with E-state index in [4.69, 9.17) is 9.47 Å². The summed E-state index contributed by atoms with van der Waals surface area (Å²) >= 11 is 0. The molecular formula is C20H21NO5. The molecule has 0 aliphatic carbocycles. The second-order valence-corrected chi connectivity index (χ2v) is 6.29. The number of hydrogen-bond donors (Lipinski definition) is 2. The van der Waals surface area contributed by atoms with Gasteiger partial charge in [-0.2, -0.15) is 0 Å². The predicted molar refractivity (Wildman–Crippen MR) is 95.6 cm³/mol. The summed E-state index contributed by atoms with van der Waals surface area (Å²) in [6.45, 7) is 2.51. The number of carboxylic acid groups (broad SMARTS) is 1. The fourth-order valence-electron chi connectivity index (χ4n) is 3.05. The molecule has 6 heteroatoms. The molecule has 1 heterocycles. The number of methoxy groups -OCH3 is 1. The van der Waals surface area contributed by atoms with E-state index in [0.717, 1.165) is 28.9 Å². The molecule has 1 amide bonds. The lowest BCUT2D eigenvalue weighted by Gasteiger charge is -2.16. The minimum atomic E-state index is -1.10. The topological polar surface area (TPSA) is 84.9 Å². The van der Waals surface area contributed by atoms with Crippen molar-refractivity contribution in [2.75, 3.05) is 13.7 Å². The fraction of sp³-hybridized carbons (Fsp3) is 0.300. The monoisotopic (exact) mass is 355 g/mol. The van der Waals surface area contributed by atoms with Crippen molar-refractivity contribution in [2.24, 2.45) is 0 Å². The number of amides is 1. The summed E-state index contributed by atoms with van der Waals surface area (Å²) in [7, 11) is 1.57. The van der Waals surface area contributed by atoms with Gasteiger partial charge in [-0.1, -0.05) is 18.2 Å². The van der Waals surface area contributed by atoms with Gasteiger partial charge < -0.3 is 19.9 Å². The summed E-state index contributed by atoms with van der Waals surface area (Å²) in [5.74, 6) is 0.0124. The maximum absolute atomic E-state index is 12.4. The molecular weight excluding hydrogens is 334 g/mol. The molecule has 0 saturated heterocycles. The van der Waals surface area contributed by atoms with E-state index in [2.05, 4.69) is 5.32 Å². The van der Waals surface area contributed by atoms with Crippen LogP contribution in [-0.4, -0.2) is 30.7 Å². The van der Waals surface area contributed by atoms with E-state index in [1.54, 1.807) is 31.4 Å². The van der Waals surface area contributed by atoms with Gasteiger partial charge in [0.05, 0.1) is 20.1 Å². The van der Waals surface area contributed by atoms with E-state index in [9.17, 15) is 14.7 Å². The SMILES string of the molecule is COc1cc(CC(=O)NC(C(=O)O)c2ccc3c(c2)CCO3)ccc1C. The Morgan fingerprint density at radius 2 is 2.08 bits per heavy atom. The van der Waals surface area contributed by atoms with Gasteiger partial charge in [-0.15, -0.1) is 0 Å². The Labute approximate surface area is 151 Å². The maximum Gasteiger partial charge on any atom is 0.330 e. The quantitative estimate of drug-likeness (QED) is 0.831. The number of rotatable bonds is 6. The van der Waals surface area contributed by atoms with Crippen LogP contribution in [0.15, 0.2) is 36.4 Å².